The van der Waals surface area contributed by atoms with Crippen LogP contribution in [0, 0.1) is 11.8 Å². The van der Waals surface area contributed by atoms with E-state index < -0.39 is 0 Å². The molecule has 94 valence electrons. The van der Waals surface area contributed by atoms with Crippen molar-refractivity contribution in [3.8, 4) is 0 Å². The predicted molar refractivity (Wildman–Crippen MR) is 72.0 cm³/mol. The highest BCUT2D eigenvalue weighted by atomic mass is 79.9. The van der Waals surface area contributed by atoms with Crippen LogP contribution in [0.15, 0.2) is 0 Å². The minimum atomic E-state index is 0.160. The molecule has 2 aliphatic carbocycles. The van der Waals surface area contributed by atoms with E-state index in [0.29, 0.717) is 6.10 Å². The summed E-state index contributed by atoms with van der Waals surface area (Å²) < 4.78 is 6.40. The van der Waals surface area contributed by atoms with Crippen LogP contribution in [0.5, 0.6) is 0 Å². The second-order valence-electron chi connectivity index (χ2n) is 5.83. The minimum absolute atomic E-state index is 0.160. The van der Waals surface area contributed by atoms with E-state index in [1.165, 1.54) is 44.9 Å². The number of ether oxygens (including phenoxy) is 1. The lowest BCUT2D eigenvalue weighted by Crippen LogP contribution is -2.41. The Morgan fingerprint density at radius 1 is 1.25 bits per heavy atom. The van der Waals surface area contributed by atoms with Gasteiger partial charge in [-0.1, -0.05) is 29.3 Å². The van der Waals surface area contributed by atoms with Crippen LogP contribution in [0.1, 0.15) is 58.8 Å². The summed E-state index contributed by atoms with van der Waals surface area (Å²) in [5.41, 5.74) is 0.160. The molecule has 16 heavy (non-hydrogen) atoms. The second kappa shape index (κ2) is 5.39. The topological polar surface area (TPSA) is 9.23 Å². The molecule has 2 rings (SSSR count). The molecule has 0 radical (unpaired) electrons. The van der Waals surface area contributed by atoms with Crippen LogP contribution < -0.4 is 0 Å². The standard InChI is InChI=1S/C14H25BrO/c1-3-12-6-8-14(10-15,9-7-12)16-11(2)13-4-5-13/h11-13H,3-10H2,1-2H3. The van der Waals surface area contributed by atoms with Crippen molar-refractivity contribution < 1.29 is 4.74 Å². The zero-order valence-corrected chi connectivity index (χ0v) is 12.3. The zero-order valence-electron chi connectivity index (χ0n) is 10.7. The van der Waals surface area contributed by atoms with Gasteiger partial charge in [-0.3, -0.25) is 0 Å². The van der Waals surface area contributed by atoms with E-state index in [9.17, 15) is 0 Å². The molecule has 0 aromatic heterocycles. The first-order chi connectivity index (χ1) is 7.69. The first kappa shape index (κ1) is 12.9. The van der Waals surface area contributed by atoms with Gasteiger partial charge in [0.05, 0.1) is 11.7 Å². The van der Waals surface area contributed by atoms with E-state index in [0.717, 1.165) is 17.2 Å². The number of alkyl halides is 1. The Kier molecular flexibility index (Phi) is 4.34. The van der Waals surface area contributed by atoms with Crippen molar-refractivity contribution in [3.63, 3.8) is 0 Å². The van der Waals surface area contributed by atoms with Gasteiger partial charge in [0, 0.05) is 5.33 Å². The van der Waals surface area contributed by atoms with Gasteiger partial charge in [-0.15, -0.1) is 0 Å². The van der Waals surface area contributed by atoms with Crippen molar-refractivity contribution >= 4 is 15.9 Å². The van der Waals surface area contributed by atoms with Gasteiger partial charge in [0.2, 0.25) is 0 Å². The third-order valence-corrected chi connectivity index (χ3v) is 5.58. The Labute approximate surface area is 108 Å². The molecular formula is C14H25BrO. The van der Waals surface area contributed by atoms with Crippen LogP contribution in [0.4, 0.5) is 0 Å². The summed E-state index contributed by atoms with van der Waals surface area (Å²) in [4.78, 5) is 0. The lowest BCUT2D eigenvalue weighted by atomic mass is 9.78. The van der Waals surface area contributed by atoms with Crippen molar-refractivity contribution in [2.75, 3.05) is 5.33 Å². The third kappa shape index (κ3) is 3.01. The summed E-state index contributed by atoms with van der Waals surface area (Å²) in [6, 6.07) is 0. The normalized spacial score (nSPS) is 37.3. The number of hydrogen-bond acceptors (Lipinski definition) is 1. The minimum Gasteiger partial charge on any atom is -0.371 e. The molecule has 0 N–H and O–H groups in total. The van der Waals surface area contributed by atoms with Crippen LogP contribution in [-0.4, -0.2) is 17.0 Å². The van der Waals surface area contributed by atoms with Gasteiger partial charge in [-0.2, -0.15) is 0 Å². The Hall–Kier alpha value is 0.440. The first-order valence-electron chi connectivity index (χ1n) is 6.93. The maximum atomic E-state index is 6.40. The van der Waals surface area contributed by atoms with Gasteiger partial charge in [-0.05, 0) is 57.3 Å². The average Bonchev–Trinajstić information content (AvgIpc) is 3.14. The molecule has 2 saturated carbocycles. The van der Waals surface area contributed by atoms with Crippen LogP contribution in [0.2, 0.25) is 0 Å². The van der Waals surface area contributed by atoms with E-state index in [-0.39, 0.29) is 5.60 Å². The molecule has 1 atom stereocenters. The molecule has 0 aromatic rings. The van der Waals surface area contributed by atoms with Gasteiger partial charge in [0.1, 0.15) is 0 Å². The molecule has 2 fully saturated rings. The molecule has 1 nitrogen and oxygen atoms in total. The molecule has 0 amide bonds. The number of halogens is 1. The summed E-state index contributed by atoms with van der Waals surface area (Å²) in [6.07, 6.45) is 9.83. The molecule has 2 heteroatoms. The maximum Gasteiger partial charge on any atom is 0.0782 e. The van der Waals surface area contributed by atoms with Gasteiger partial charge in [0.15, 0.2) is 0 Å². The van der Waals surface area contributed by atoms with Gasteiger partial charge in [-0.25, -0.2) is 0 Å². The quantitative estimate of drug-likeness (QED) is 0.675. The van der Waals surface area contributed by atoms with Crippen LogP contribution in [0.25, 0.3) is 0 Å². The van der Waals surface area contributed by atoms with E-state index in [4.69, 9.17) is 4.74 Å². The van der Waals surface area contributed by atoms with Crippen molar-refractivity contribution in [2.45, 2.75) is 70.5 Å². The van der Waals surface area contributed by atoms with Crippen molar-refractivity contribution in [1.29, 1.82) is 0 Å². The molecule has 1 unspecified atom stereocenters. The maximum absolute atomic E-state index is 6.40. The summed E-state index contributed by atoms with van der Waals surface area (Å²) in [6.45, 7) is 4.59. The van der Waals surface area contributed by atoms with Crippen molar-refractivity contribution in [3.05, 3.63) is 0 Å². The molecule has 2 aliphatic rings. The molecule has 0 heterocycles. The number of hydrogen-bond donors (Lipinski definition) is 0. The molecular weight excluding hydrogens is 264 g/mol. The smallest absolute Gasteiger partial charge is 0.0782 e. The lowest BCUT2D eigenvalue weighted by Gasteiger charge is -2.40. The monoisotopic (exact) mass is 288 g/mol. The van der Waals surface area contributed by atoms with E-state index in [1.807, 2.05) is 0 Å². The number of rotatable bonds is 5. The van der Waals surface area contributed by atoms with Gasteiger partial charge < -0.3 is 4.74 Å². The summed E-state index contributed by atoms with van der Waals surface area (Å²) in [5.74, 6) is 1.81. The molecule has 0 bridgehead atoms. The van der Waals surface area contributed by atoms with Crippen LogP contribution in [0.3, 0.4) is 0 Å². The fourth-order valence-electron chi connectivity index (χ4n) is 2.95. The first-order valence-corrected chi connectivity index (χ1v) is 8.05. The Bertz CT molecular complexity index is 217. The Balaban J connectivity index is 1.87. The molecule has 0 saturated heterocycles. The van der Waals surface area contributed by atoms with Gasteiger partial charge in [0.25, 0.3) is 0 Å². The van der Waals surface area contributed by atoms with Crippen molar-refractivity contribution in [2.24, 2.45) is 11.8 Å². The van der Waals surface area contributed by atoms with Gasteiger partial charge >= 0.3 is 0 Å². The Morgan fingerprint density at radius 2 is 1.88 bits per heavy atom. The van der Waals surface area contributed by atoms with Crippen molar-refractivity contribution in [1.82, 2.24) is 0 Å². The van der Waals surface area contributed by atoms with E-state index in [2.05, 4.69) is 29.8 Å². The average molecular weight is 289 g/mol. The second-order valence-corrected chi connectivity index (χ2v) is 6.39. The summed E-state index contributed by atoms with van der Waals surface area (Å²) >= 11 is 3.68. The van der Waals surface area contributed by atoms with Crippen LogP contribution in [-0.2, 0) is 4.74 Å². The fraction of sp³-hybridized carbons (Fsp3) is 1.00. The van der Waals surface area contributed by atoms with E-state index in [1.54, 1.807) is 0 Å². The summed E-state index contributed by atoms with van der Waals surface area (Å²) in [5, 5.41) is 1.02. The Morgan fingerprint density at radius 3 is 2.31 bits per heavy atom. The predicted octanol–water partition coefficient (Wildman–Crippen LogP) is 4.54. The highest BCUT2D eigenvalue weighted by Gasteiger charge is 2.39. The summed E-state index contributed by atoms with van der Waals surface area (Å²) in [7, 11) is 0. The molecule has 0 spiro atoms. The van der Waals surface area contributed by atoms with E-state index >= 15 is 0 Å². The molecule has 0 aliphatic heterocycles. The highest BCUT2D eigenvalue weighted by molar-refractivity contribution is 9.09. The van der Waals surface area contributed by atoms with Crippen LogP contribution >= 0.6 is 15.9 Å². The largest absolute Gasteiger partial charge is 0.371 e. The highest BCUT2D eigenvalue weighted by Crippen LogP contribution is 2.42. The lowest BCUT2D eigenvalue weighted by molar-refractivity contribution is -0.105. The SMILES string of the molecule is CCC1CCC(CBr)(OC(C)C2CC2)CC1. The zero-order chi connectivity index (χ0) is 11.6. The third-order valence-electron chi connectivity index (χ3n) is 4.56. The fourth-order valence-corrected chi connectivity index (χ4v) is 3.64. The molecule has 0 aromatic carbocycles.